The molecule has 19 heteroatoms. The number of unbranched alkanes of at least 4 members (excludes halogenated alkanes) is 37. The Bertz CT molecular complexity index is 1700. The Morgan fingerprint density at radius 2 is 0.529 bits per heavy atom. The summed E-state index contributed by atoms with van der Waals surface area (Å²) in [6.07, 6.45) is 44.4. The lowest BCUT2D eigenvalue weighted by Gasteiger charge is -2.21. The Labute approximate surface area is 530 Å². The van der Waals surface area contributed by atoms with Crippen molar-refractivity contribution >= 4 is 39.5 Å². The van der Waals surface area contributed by atoms with E-state index in [-0.39, 0.29) is 25.7 Å². The molecule has 0 aromatic heterocycles. The highest BCUT2D eigenvalue weighted by atomic mass is 31.2. The van der Waals surface area contributed by atoms with Gasteiger partial charge in [0.05, 0.1) is 26.4 Å². The van der Waals surface area contributed by atoms with Gasteiger partial charge in [0.1, 0.15) is 19.3 Å². The Morgan fingerprint density at radius 3 is 0.782 bits per heavy atom. The number of rotatable bonds is 67. The predicted molar refractivity (Wildman–Crippen MR) is 349 cm³/mol. The lowest BCUT2D eigenvalue weighted by atomic mass is 10.0. The van der Waals surface area contributed by atoms with E-state index in [0.29, 0.717) is 25.7 Å². The van der Waals surface area contributed by atoms with E-state index in [1.54, 1.807) is 0 Å². The normalized spacial score (nSPS) is 14.2. The van der Waals surface area contributed by atoms with Gasteiger partial charge in [-0.2, -0.15) is 0 Å². The summed E-state index contributed by atoms with van der Waals surface area (Å²) in [6, 6.07) is 0. The SMILES string of the molecule is CCCCCCCCCCCCCCC(=O)O[C@H](COC(=O)CCCCCCCCCC)COP(=O)(O)OC[C@H](O)COP(=O)(O)OC[C@@H](COC(=O)CCCCCCCCCCCC(C)C)OC(=O)CCCCCCCCCCCCCCC(C)C. The molecular weight excluding hydrogens is 1150 g/mol. The maximum Gasteiger partial charge on any atom is 0.472 e. The quantitative estimate of drug-likeness (QED) is 0.0222. The number of carbonyl (C=O) groups is 4. The van der Waals surface area contributed by atoms with Crippen LogP contribution in [0.25, 0.3) is 0 Å². The minimum absolute atomic E-state index is 0.106. The largest absolute Gasteiger partial charge is 0.472 e. The minimum Gasteiger partial charge on any atom is -0.462 e. The Balaban J connectivity index is 5.23. The van der Waals surface area contributed by atoms with Gasteiger partial charge in [-0.3, -0.25) is 37.3 Å². The number of ether oxygens (including phenoxy) is 4. The molecule has 17 nitrogen and oxygen atoms in total. The second kappa shape index (κ2) is 60.3. The molecule has 516 valence electrons. The van der Waals surface area contributed by atoms with E-state index in [0.717, 1.165) is 108 Å². The average molecular weight is 1280 g/mol. The molecule has 0 aromatic rings. The van der Waals surface area contributed by atoms with Crippen molar-refractivity contribution in [2.24, 2.45) is 11.8 Å². The van der Waals surface area contributed by atoms with Gasteiger partial charge in [0.2, 0.25) is 0 Å². The average Bonchev–Trinajstić information content (AvgIpc) is 3.67. The van der Waals surface area contributed by atoms with Gasteiger partial charge in [0.25, 0.3) is 0 Å². The van der Waals surface area contributed by atoms with Gasteiger partial charge < -0.3 is 33.8 Å². The third kappa shape index (κ3) is 62.6. The first-order chi connectivity index (χ1) is 41.9. The summed E-state index contributed by atoms with van der Waals surface area (Å²) in [5.41, 5.74) is 0. The van der Waals surface area contributed by atoms with Crippen molar-refractivity contribution < 1.29 is 80.2 Å². The monoisotopic (exact) mass is 1280 g/mol. The molecule has 0 aliphatic heterocycles. The van der Waals surface area contributed by atoms with Gasteiger partial charge in [0.15, 0.2) is 12.2 Å². The summed E-state index contributed by atoms with van der Waals surface area (Å²) in [7, 11) is -9.89. The van der Waals surface area contributed by atoms with Crippen molar-refractivity contribution in [2.45, 2.75) is 362 Å². The second-order valence-electron chi connectivity index (χ2n) is 25.5. The molecule has 0 saturated heterocycles. The van der Waals surface area contributed by atoms with Gasteiger partial charge in [0, 0.05) is 25.7 Å². The third-order valence-electron chi connectivity index (χ3n) is 15.7. The molecule has 5 atom stereocenters. The highest BCUT2D eigenvalue weighted by Crippen LogP contribution is 2.45. The molecule has 0 aliphatic carbocycles. The van der Waals surface area contributed by atoms with Crippen LogP contribution in [-0.4, -0.2) is 96.7 Å². The molecule has 0 fully saturated rings. The van der Waals surface area contributed by atoms with Crippen LogP contribution < -0.4 is 0 Å². The molecular formula is C68H132O17P2. The van der Waals surface area contributed by atoms with Crippen molar-refractivity contribution in [1.82, 2.24) is 0 Å². The summed E-state index contributed by atoms with van der Waals surface area (Å²) in [5.74, 6) is -0.608. The van der Waals surface area contributed by atoms with Gasteiger partial charge in [-0.1, -0.05) is 292 Å². The molecule has 0 saturated carbocycles. The second-order valence-corrected chi connectivity index (χ2v) is 28.4. The van der Waals surface area contributed by atoms with Crippen molar-refractivity contribution in [3.8, 4) is 0 Å². The summed E-state index contributed by atoms with van der Waals surface area (Å²) in [5, 5.41) is 10.6. The van der Waals surface area contributed by atoms with Gasteiger partial charge in [-0.05, 0) is 37.5 Å². The zero-order valence-corrected chi connectivity index (χ0v) is 58.1. The Morgan fingerprint density at radius 1 is 0.310 bits per heavy atom. The lowest BCUT2D eigenvalue weighted by molar-refractivity contribution is -0.161. The zero-order chi connectivity index (χ0) is 64.3. The topological polar surface area (TPSA) is 237 Å². The van der Waals surface area contributed by atoms with Crippen LogP contribution in [0.15, 0.2) is 0 Å². The first kappa shape index (κ1) is 85.1. The van der Waals surface area contributed by atoms with Crippen molar-refractivity contribution in [2.75, 3.05) is 39.6 Å². The van der Waals surface area contributed by atoms with Crippen LogP contribution in [-0.2, 0) is 65.4 Å². The van der Waals surface area contributed by atoms with Gasteiger partial charge in [-0.15, -0.1) is 0 Å². The van der Waals surface area contributed by atoms with E-state index in [1.165, 1.54) is 154 Å². The highest BCUT2D eigenvalue weighted by molar-refractivity contribution is 7.47. The molecule has 0 rings (SSSR count). The fourth-order valence-electron chi connectivity index (χ4n) is 10.2. The highest BCUT2D eigenvalue weighted by Gasteiger charge is 2.30. The van der Waals surface area contributed by atoms with Gasteiger partial charge >= 0.3 is 39.5 Å². The van der Waals surface area contributed by atoms with Crippen LogP contribution in [0.3, 0.4) is 0 Å². The molecule has 0 bridgehead atoms. The Hall–Kier alpha value is -1.94. The maximum absolute atomic E-state index is 13.0. The number of phosphoric ester groups is 2. The van der Waals surface area contributed by atoms with E-state index in [9.17, 15) is 43.2 Å². The van der Waals surface area contributed by atoms with Crippen LogP contribution in [0.1, 0.15) is 343 Å². The molecule has 0 radical (unpaired) electrons. The number of esters is 4. The lowest BCUT2D eigenvalue weighted by Crippen LogP contribution is -2.30. The number of carbonyl (C=O) groups excluding carboxylic acids is 4. The molecule has 3 N–H and O–H groups in total. The summed E-state index contributed by atoms with van der Waals surface area (Å²) >= 11 is 0. The van der Waals surface area contributed by atoms with Crippen LogP contribution in [0, 0.1) is 11.8 Å². The summed E-state index contributed by atoms with van der Waals surface area (Å²) in [6.45, 7) is 9.50. The number of hydrogen-bond donors (Lipinski definition) is 3. The fraction of sp³-hybridized carbons (Fsp3) is 0.941. The van der Waals surface area contributed by atoms with E-state index >= 15 is 0 Å². The van der Waals surface area contributed by atoms with Crippen molar-refractivity contribution in [1.29, 1.82) is 0 Å². The van der Waals surface area contributed by atoms with E-state index in [2.05, 4.69) is 41.5 Å². The summed E-state index contributed by atoms with van der Waals surface area (Å²) < 4.78 is 68.1. The Kier molecular flexibility index (Phi) is 59.0. The zero-order valence-electron chi connectivity index (χ0n) is 56.3. The van der Waals surface area contributed by atoms with Crippen LogP contribution >= 0.6 is 15.6 Å². The number of aliphatic hydroxyl groups excluding tert-OH is 1. The molecule has 0 heterocycles. The van der Waals surface area contributed by atoms with Crippen LogP contribution in [0.2, 0.25) is 0 Å². The van der Waals surface area contributed by atoms with Crippen LogP contribution in [0.5, 0.6) is 0 Å². The maximum atomic E-state index is 13.0. The van der Waals surface area contributed by atoms with Crippen molar-refractivity contribution in [3.63, 3.8) is 0 Å². The molecule has 0 aromatic carbocycles. The van der Waals surface area contributed by atoms with E-state index in [4.69, 9.17) is 37.0 Å². The first-order valence-corrected chi connectivity index (χ1v) is 38.5. The van der Waals surface area contributed by atoms with Gasteiger partial charge in [-0.25, -0.2) is 9.13 Å². The van der Waals surface area contributed by atoms with E-state index < -0.39 is 97.5 Å². The fourth-order valence-corrected chi connectivity index (χ4v) is 11.8. The molecule has 0 aliphatic rings. The van der Waals surface area contributed by atoms with E-state index in [1.807, 2.05) is 0 Å². The third-order valence-corrected chi connectivity index (χ3v) is 17.6. The molecule has 0 spiro atoms. The number of phosphoric acid groups is 2. The van der Waals surface area contributed by atoms with Crippen LogP contribution in [0.4, 0.5) is 0 Å². The number of hydrogen-bond acceptors (Lipinski definition) is 15. The number of aliphatic hydroxyl groups is 1. The molecule has 0 amide bonds. The smallest absolute Gasteiger partial charge is 0.462 e. The standard InChI is InChI=1S/C68H132O17P2/c1-7-9-11-13-15-17-18-22-27-34-40-46-52-67(72)84-63(56-78-65(70)50-44-38-32-16-14-12-10-8-2)58-82-86(74,75)80-54-62(69)55-81-87(76,77)83-59-64(57-79-66(71)51-45-39-33-29-24-26-31-37-43-49-61(5)6)85-68(73)53-47-41-35-28-23-20-19-21-25-30-36-42-48-60(3)4/h60-64,69H,7-59H2,1-6H3,(H,74,75)(H,76,77)/t62-,63+,64+/m0/s1. The molecule has 2 unspecified atom stereocenters. The predicted octanol–water partition coefficient (Wildman–Crippen LogP) is 19.2. The molecule has 87 heavy (non-hydrogen) atoms. The van der Waals surface area contributed by atoms with Crippen molar-refractivity contribution in [3.05, 3.63) is 0 Å². The minimum atomic E-state index is -4.95. The summed E-state index contributed by atoms with van der Waals surface area (Å²) in [4.78, 5) is 72.4. The first-order valence-electron chi connectivity index (χ1n) is 35.5.